The zero-order valence-corrected chi connectivity index (χ0v) is 14.8. The van der Waals surface area contributed by atoms with Crippen LogP contribution < -0.4 is 5.32 Å². The van der Waals surface area contributed by atoms with Gasteiger partial charge in [0.15, 0.2) is 0 Å². The molecule has 2 atom stereocenters. The number of carboxylic acids is 1. The van der Waals surface area contributed by atoms with Crippen molar-refractivity contribution in [2.45, 2.75) is 25.3 Å². The van der Waals surface area contributed by atoms with E-state index in [0.29, 0.717) is 35.9 Å². The highest BCUT2D eigenvalue weighted by molar-refractivity contribution is 7.13. The molecule has 2 heterocycles. The number of ether oxygens (including phenoxy) is 1. The number of carboxylic acid groups (broad SMARTS) is 1. The number of thiazole rings is 1. The first-order chi connectivity index (χ1) is 12.5. The summed E-state index contributed by atoms with van der Waals surface area (Å²) in [6.45, 7) is 0.954. The number of halogens is 1. The summed E-state index contributed by atoms with van der Waals surface area (Å²) in [4.78, 5) is 28.1. The van der Waals surface area contributed by atoms with Crippen LogP contribution in [0.1, 0.15) is 18.5 Å². The van der Waals surface area contributed by atoms with Crippen LogP contribution in [0.25, 0.3) is 10.6 Å². The van der Waals surface area contributed by atoms with Crippen molar-refractivity contribution >= 4 is 23.2 Å². The lowest BCUT2D eigenvalue weighted by atomic mass is 9.93. The highest BCUT2D eigenvalue weighted by atomic mass is 32.1. The lowest BCUT2D eigenvalue weighted by molar-refractivity contribution is -0.145. The van der Waals surface area contributed by atoms with Gasteiger partial charge >= 0.3 is 5.97 Å². The summed E-state index contributed by atoms with van der Waals surface area (Å²) >= 11 is 1.31. The third kappa shape index (κ3) is 4.64. The van der Waals surface area contributed by atoms with Gasteiger partial charge in [-0.3, -0.25) is 4.79 Å². The second kappa shape index (κ2) is 8.37. The molecule has 8 heteroatoms. The maximum absolute atomic E-state index is 13.3. The number of amides is 1. The summed E-state index contributed by atoms with van der Waals surface area (Å²) in [5, 5.41) is 14.3. The van der Waals surface area contributed by atoms with Gasteiger partial charge in [-0.15, -0.1) is 11.3 Å². The highest BCUT2D eigenvalue weighted by Crippen LogP contribution is 2.24. The molecule has 6 nitrogen and oxygen atoms in total. The van der Waals surface area contributed by atoms with Crippen LogP contribution in [0.2, 0.25) is 0 Å². The molecule has 2 aromatic rings. The van der Waals surface area contributed by atoms with Crippen LogP contribution in [0, 0.1) is 11.7 Å². The van der Waals surface area contributed by atoms with Crippen LogP contribution in [0.5, 0.6) is 0 Å². The molecule has 138 valence electrons. The molecule has 2 unspecified atom stereocenters. The molecule has 1 saturated heterocycles. The molecule has 1 aliphatic heterocycles. The Morgan fingerprint density at radius 3 is 3.00 bits per heavy atom. The van der Waals surface area contributed by atoms with Crippen molar-refractivity contribution in [2.24, 2.45) is 5.92 Å². The first-order valence-electron chi connectivity index (χ1n) is 8.33. The van der Waals surface area contributed by atoms with Gasteiger partial charge in [-0.2, -0.15) is 0 Å². The third-order valence-electron chi connectivity index (χ3n) is 4.21. The minimum Gasteiger partial charge on any atom is -0.480 e. The Bertz CT molecular complexity index is 789. The lowest BCUT2D eigenvalue weighted by Crippen LogP contribution is -2.48. The fraction of sp³-hybridized carbons (Fsp3) is 0.389. The average molecular weight is 378 g/mol. The number of carbonyl (C=O) groups excluding carboxylic acids is 1. The van der Waals surface area contributed by atoms with Crippen molar-refractivity contribution in [3.63, 3.8) is 0 Å². The molecule has 2 N–H and O–H groups in total. The number of nitrogens with one attached hydrogen (secondary N) is 1. The van der Waals surface area contributed by atoms with Crippen molar-refractivity contribution < 1.29 is 23.8 Å². The van der Waals surface area contributed by atoms with Gasteiger partial charge in [-0.1, -0.05) is 12.1 Å². The number of carbonyl (C=O) groups is 2. The van der Waals surface area contributed by atoms with Gasteiger partial charge in [0.2, 0.25) is 5.91 Å². The summed E-state index contributed by atoms with van der Waals surface area (Å²) < 4.78 is 18.6. The molecule has 0 spiro atoms. The Hall–Kier alpha value is -2.32. The van der Waals surface area contributed by atoms with Gasteiger partial charge in [0.05, 0.1) is 18.7 Å². The Morgan fingerprint density at radius 1 is 1.46 bits per heavy atom. The number of benzene rings is 1. The fourth-order valence-corrected chi connectivity index (χ4v) is 3.76. The zero-order chi connectivity index (χ0) is 18.5. The summed E-state index contributed by atoms with van der Waals surface area (Å²) in [6, 6.07) is 5.11. The topological polar surface area (TPSA) is 88.5 Å². The summed E-state index contributed by atoms with van der Waals surface area (Å²) in [7, 11) is 0. The molecule has 0 saturated carbocycles. The maximum Gasteiger partial charge on any atom is 0.326 e. The zero-order valence-electron chi connectivity index (χ0n) is 14.0. The molecule has 1 aliphatic rings. The second-order valence-electron chi connectivity index (χ2n) is 6.19. The third-order valence-corrected chi connectivity index (χ3v) is 5.15. The predicted molar refractivity (Wildman–Crippen MR) is 94.3 cm³/mol. The molecular formula is C18H19FN2O4S. The summed E-state index contributed by atoms with van der Waals surface area (Å²) in [5.41, 5.74) is 1.17. The van der Waals surface area contributed by atoms with E-state index in [4.69, 9.17) is 4.74 Å². The van der Waals surface area contributed by atoms with E-state index < -0.39 is 17.9 Å². The molecule has 1 aromatic heterocycles. The largest absolute Gasteiger partial charge is 0.480 e. The minimum absolute atomic E-state index is 0.0246. The molecule has 0 aliphatic carbocycles. The van der Waals surface area contributed by atoms with E-state index in [-0.39, 0.29) is 18.2 Å². The Kier molecular flexibility index (Phi) is 5.95. The molecule has 0 bridgehead atoms. The standard InChI is InChI=1S/C18H19FN2O4S/c19-13-5-1-3-11(7-13)17-20-14(10-26-17)8-15(22)21-16(18(23)24)12-4-2-6-25-9-12/h1,3,5,7,10,12,16H,2,4,6,8-9H2,(H,21,22)(H,23,24). The van der Waals surface area contributed by atoms with Crippen molar-refractivity contribution in [1.82, 2.24) is 10.3 Å². The van der Waals surface area contributed by atoms with Crippen LogP contribution >= 0.6 is 11.3 Å². The maximum atomic E-state index is 13.3. The van der Waals surface area contributed by atoms with Gasteiger partial charge in [0, 0.05) is 23.5 Å². The van der Waals surface area contributed by atoms with E-state index in [1.807, 2.05) is 0 Å². The van der Waals surface area contributed by atoms with Crippen molar-refractivity contribution in [1.29, 1.82) is 0 Å². The smallest absolute Gasteiger partial charge is 0.326 e. The minimum atomic E-state index is -1.06. The van der Waals surface area contributed by atoms with E-state index in [0.717, 1.165) is 6.42 Å². The van der Waals surface area contributed by atoms with E-state index in [9.17, 15) is 19.1 Å². The monoisotopic (exact) mass is 378 g/mol. The first kappa shape index (κ1) is 18.5. The van der Waals surface area contributed by atoms with Crippen molar-refractivity contribution in [3.8, 4) is 10.6 Å². The molecular weight excluding hydrogens is 359 g/mol. The van der Waals surface area contributed by atoms with Crippen LogP contribution in [-0.2, 0) is 20.7 Å². The van der Waals surface area contributed by atoms with Gasteiger partial charge in [-0.05, 0) is 25.0 Å². The number of hydrogen-bond acceptors (Lipinski definition) is 5. The van der Waals surface area contributed by atoms with E-state index in [1.54, 1.807) is 17.5 Å². The van der Waals surface area contributed by atoms with Gasteiger partial charge in [0.25, 0.3) is 0 Å². The van der Waals surface area contributed by atoms with Gasteiger partial charge < -0.3 is 15.2 Å². The van der Waals surface area contributed by atoms with E-state index in [1.165, 1.54) is 23.5 Å². The summed E-state index contributed by atoms with van der Waals surface area (Å²) in [5.74, 6) is -2.05. The molecule has 1 fully saturated rings. The number of rotatable bonds is 6. The van der Waals surface area contributed by atoms with Gasteiger partial charge in [-0.25, -0.2) is 14.2 Å². The molecule has 0 radical (unpaired) electrons. The number of aromatic nitrogens is 1. The predicted octanol–water partition coefficient (Wildman–Crippen LogP) is 2.49. The van der Waals surface area contributed by atoms with E-state index in [2.05, 4.69) is 10.3 Å². The first-order valence-corrected chi connectivity index (χ1v) is 9.21. The van der Waals surface area contributed by atoms with Crippen LogP contribution in [0.3, 0.4) is 0 Å². The highest BCUT2D eigenvalue weighted by Gasteiger charge is 2.31. The number of nitrogens with zero attached hydrogens (tertiary/aromatic N) is 1. The normalized spacial score (nSPS) is 18.3. The number of hydrogen-bond donors (Lipinski definition) is 2. The molecule has 26 heavy (non-hydrogen) atoms. The van der Waals surface area contributed by atoms with Gasteiger partial charge in [0.1, 0.15) is 16.9 Å². The SMILES string of the molecule is O=C(Cc1csc(-c2cccc(F)c2)n1)NC(C(=O)O)C1CCCOC1. The average Bonchev–Trinajstić information content (AvgIpc) is 3.08. The lowest BCUT2D eigenvalue weighted by Gasteiger charge is -2.28. The van der Waals surface area contributed by atoms with Crippen molar-refractivity contribution in [2.75, 3.05) is 13.2 Å². The molecule has 1 amide bonds. The second-order valence-corrected chi connectivity index (χ2v) is 7.05. The van der Waals surface area contributed by atoms with Crippen LogP contribution in [-0.4, -0.2) is 41.2 Å². The van der Waals surface area contributed by atoms with Crippen LogP contribution in [0.4, 0.5) is 4.39 Å². The fourth-order valence-electron chi connectivity index (χ4n) is 2.94. The Balaban J connectivity index is 1.63. The van der Waals surface area contributed by atoms with Crippen LogP contribution in [0.15, 0.2) is 29.6 Å². The quantitative estimate of drug-likeness (QED) is 0.806. The molecule has 1 aromatic carbocycles. The Morgan fingerprint density at radius 2 is 2.31 bits per heavy atom. The Labute approximate surface area is 154 Å². The van der Waals surface area contributed by atoms with Crippen molar-refractivity contribution in [3.05, 3.63) is 41.2 Å². The molecule has 3 rings (SSSR count). The summed E-state index contributed by atoms with van der Waals surface area (Å²) in [6.07, 6.45) is 1.47. The van der Waals surface area contributed by atoms with E-state index >= 15 is 0 Å². The number of aliphatic carboxylic acids is 1.